The average molecular weight is 315 g/mol. The van der Waals surface area contributed by atoms with Crippen LogP contribution in [0.4, 0.5) is 17.6 Å². The first-order valence-corrected chi connectivity index (χ1v) is 5.92. The van der Waals surface area contributed by atoms with Crippen molar-refractivity contribution in [2.75, 3.05) is 11.9 Å². The molecule has 1 aromatic rings. The number of rotatable bonds is 4. The largest absolute Gasteiger partial charge is 0.487 e. The van der Waals surface area contributed by atoms with Crippen molar-refractivity contribution in [3.63, 3.8) is 0 Å². The fraction of sp³-hybridized carbons (Fsp3) is 0.455. The number of benzene rings is 1. The molecule has 0 fully saturated rings. The lowest BCUT2D eigenvalue weighted by Gasteiger charge is -2.22. The second-order valence-electron chi connectivity index (χ2n) is 4.38. The van der Waals surface area contributed by atoms with E-state index in [1.807, 2.05) is 0 Å². The van der Waals surface area contributed by atoms with Gasteiger partial charge in [0, 0.05) is 16.8 Å². The lowest BCUT2D eigenvalue weighted by atomic mass is 9.98. The van der Waals surface area contributed by atoms with Crippen LogP contribution in [0.3, 0.4) is 0 Å². The summed E-state index contributed by atoms with van der Waals surface area (Å²) in [5, 5.41) is 0.515. The SMILES string of the molecule is CC(C)(CBr)COc1c(F)c(F)cc(F)c1F. The minimum atomic E-state index is -1.52. The highest BCUT2D eigenvalue weighted by molar-refractivity contribution is 9.09. The van der Waals surface area contributed by atoms with Crippen LogP contribution in [-0.2, 0) is 0 Å². The average Bonchev–Trinajstić information content (AvgIpc) is 2.26. The summed E-state index contributed by atoms with van der Waals surface area (Å²) >= 11 is 3.19. The number of ether oxygens (including phenoxy) is 1. The molecule has 1 aromatic carbocycles. The molecule has 0 N–H and O–H groups in total. The highest BCUT2D eigenvalue weighted by Crippen LogP contribution is 2.28. The molecule has 96 valence electrons. The Kier molecular flexibility index (Phi) is 4.41. The van der Waals surface area contributed by atoms with Crippen molar-refractivity contribution < 1.29 is 22.3 Å². The summed E-state index contributed by atoms with van der Waals surface area (Å²) in [6.07, 6.45) is 0. The summed E-state index contributed by atoms with van der Waals surface area (Å²) in [5.41, 5.74) is -0.415. The van der Waals surface area contributed by atoms with E-state index < -0.39 is 34.4 Å². The van der Waals surface area contributed by atoms with Crippen LogP contribution in [0, 0.1) is 28.7 Å². The second-order valence-corrected chi connectivity index (χ2v) is 4.94. The van der Waals surface area contributed by atoms with Gasteiger partial charge in [0.15, 0.2) is 17.4 Å². The van der Waals surface area contributed by atoms with E-state index in [0.29, 0.717) is 5.33 Å². The highest BCUT2D eigenvalue weighted by atomic mass is 79.9. The Morgan fingerprint density at radius 3 is 2.00 bits per heavy atom. The number of hydrogen-bond donors (Lipinski definition) is 0. The Hall–Kier alpha value is -0.780. The lowest BCUT2D eigenvalue weighted by molar-refractivity contribution is 0.184. The molecule has 0 bridgehead atoms. The summed E-state index contributed by atoms with van der Waals surface area (Å²) in [5.74, 6) is -7.01. The molecule has 0 aliphatic rings. The first kappa shape index (κ1) is 14.3. The molecule has 0 aliphatic carbocycles. The molecule has 0 amide bonds. The van der Waals surface area contributed by atoms with E-state index in [4.69, 9.17) is 4.74 Å². The summed E-state index contributed by atoms with van der Waals surface area (Å²) in [6.45, 7) is 3.47. The zero-order valence-corrected chi connectivity index (χ0v) is 10.9. The van der Waals surface area contributed by atoms with Crippen molar-refractivity contribution in [3.8, 4) is 5.75 Å². The van der Waals surface area contributed by atoms with E-state index in [2.05, 4.69) is 15.9 Å². The van der Waals surface area contributed by atoms with Gasteiger partial charge in [0.25, 0.3) is 0 Å². The van der Waals surface area contributed by atoms with Gasteiger partial charge in [0.1, 0.15) is 0 Å². The molecule has 0 heterocycles. The van der Waals surface area contributed by atoms with Crippen LogP contribution >= 0.6 is 15.9 Å². The Morgan fingerprint density at radius 2 is 1.59 bits per heavy atom. The normalized spacial score (nSPS) is 11.7. The van der Waals surface area contributed by atoms with Gasteiger partial charge in [0.05, 0.1) is 6.61 Å². The van der Waals surface area contributed by atoms with Gasteiger partial charge in [0.2, 0.25) is 11.6 Å². The maximum absolute atomic E-state index is 13.2. The van der Waals surface area contributed by atoms with Crippen LogP contribution in [-0.4, -0.2) is 11.9 Å². The van der Waals surface area contributed by atoms with Crippen LogP contribution in [0.5, 0.6) is 5.75 Å². The molecule has 0 saturated heterocycles. The smallest absolute Gasteiger partial charge is 0.203 e. The first-order valence-electron chi connectivity index (χ1n) is 4.80. The zero-order chi connectivity index (χ0) is 13.2. The Bertz CT molecular complexity index is 394. The second kappa shape index (κ2) is 5.25. The van der Waals surface area contributed by atoms with Crippen molar-refractivity contribution in [1.82, 2.24) is 0 Å². The lowest BCUT2D eigenvalue weighted by Crippen LogP contribution is -2.23. The summed E-state index contributed by atoms with van der Waals surface area (Å²) in [4.78, 5) is 0. The van der Waals surface area contributed by atoms with Crippen molar-refractivity contribution in [1.29, 1.82) is 0 Å². The first-order chi connectivity index (χ1) is 7.78. The van der Waals surface area contributed by atoms with Gasteiger partial charge in [-0.3, -0.25) is 0 Å². The maximum Gasteiger partial charge on any atom is 0.203 e. The Morgan fingerprint density at radius 1 is 1.12 bits per heavy atom. The molecule has 0 radical (unpaired) electrons. The molecule has 1 rings (SSSR count). The van der Waals surface area contributed by atoms with Gasteiger partial charge in [-0.1, -0.05) is 29.8 Å². The molecule has 0 unspecified atom stereocenters. The topological polar surface area (TPSA) is 9.23 Å². The minimum Gasteiger partial charge on any atom is -0.487 e. The standard InChI is InChI=1S/C11H11BrF4O/c1-11(2,4-12)5-17-10-8(15)6(13)3-7(14)9(10)16/h3H,4-5H2,1-2H3. The summed E-state index contributed by atoms with van der Waals surface area (Å²) in [6, 6.07) is 0.146. The van der Waals surface area contributed by atoms with E-state index in [1.54, 1.807) is 13.8 Å². The van der Waals surface area contributed by atoms with Crippen LogP contribution in [0.25, 0.3) is 0 Å². The van der Waals surface area contributed by atoms with Crippen molar-refractivity contribution >= 4 is 15.9 Å². The predicted octanol–water partition coefficient (Wildman–Crippen LogP) is 4.04. The third kappa shape index (κ3) is 3.34. The summed E-state index contributed by atoms with van der Waals surface area (Å²) in [7, 11) is 0. The fourth-order valence-corrected chi connectivity index (χ4v) is 1.15. The summed E-state index contributed by atoms with van der Waals surface area (Å²) < 4.78 is 56.9. The molecule has 0 aliphatic heterocycles. The van der Waals surface area contributed by atoms with E-state index >= 15 is 0 Å². The molecular formula is C11H11BrF4O. The highest BCUT2D eigenvalue weighted by Gasteiger charge is 2.24. The third-order valence-electron chi connectivity index (χ3n) is 2.04. The quantitative estimate of drug-likeness (QED) is 0.463. The molecule has 1 nitrogen and oxygen atoms in total. The Labute approximate surface area is 105 Å². The van der Waals surface area contributed by atoms with Crippen molar-refractivity contribution in [2.24, 2.45) is 5.41 Å². The van der Waals surface area contributed by atoms with Crippen LogP contribution in [0.2, 0.25) is 0 Å². The third-order valence-corrected chi connectivity index (χ3v) is 3.56. The number of halogens is 5. The van der Waals surface area contributed by atoms with Crippen molar-refractivity contribution in [3.05, 3.63) is 29.3 Å². The van der Waals surface area contributed by atoms with Gasteiger partial charge in [-0.2, -0.15) is 8.78 Å². The monoisotopic (exact) mass is 314 g/mol. The van der Waals surface area contributed by atoms with E-state index in [-0.39, 0.29) is 12.7 Å². The Balaban J connectivity index is 2.99. The van der Waals surface area contributed by atoms with E-state index in [9.17, 15) is 17.6 Å². The number of hydrogen-bond acceptors (Lipinski definition) is 1. The maximum atomic E-state index is 13.2. The van der Waals surface area contributed by atoms with Crippen LogP contribution in [0.15, 0.2) is 6.07 Å². The molecule has 17 heavy (non-hydrogen) atoms. The molecule has 6 heteroatoms. The zero-order valence-electron chi connectivity index (χ0n) is 9.29. The van der Waals surface area contributed by atoms with Gasteiger partial charge < -0.3 is 4.74 Å². The minimum absolute atomic E-state index is 0.0744. The van der Waals surface area contributed by atoms with Crippen LogP contribution < -0.4 is 4.74 Å². The van der Waals surface area contributed by atoms with Gasteiger partial charge in [-0.15, -0.1) is 0 Å². The fourth-order valence-electron chi connectivity index (χ4n) is 0.984. The van der Waals surface area contributed by atoms with Gasteiger partial charge in [-0.05, 0) is 0 Å². The predicted molar refractivity (Wildman–Crippen MR) is 59.3 cm³/mol. The molecule has 0 aromatic heterocycles. The van der Waals surface area contributed by atoms with Crippen molar-refractivity contribution in [2.45, 2.75) is 13.8 Å². The molecular weight excluding hydrogens is 304 g/mol. The van der Waals surface area contributed by atoms with E-state index in [0.717, 1.165) is 0 Å². The van der Waals surface area contributed by atoms with E-state index in [1.165, 1.54) is 0 Å². The molecule has 0 spiro atoms. The van der Waals surface area contributed by atoms with Crippen LogP contribution in [0.1, 0.15) is 13.8 Å². The van der Waals surface area contributed by atoms with Gasteiger partial charge >= 0.3 is 0 Å². The number of alkyl halides is 1. The van der Waals surface area contributed by atoms with Gasteiger partial charge in [-0.25, -0.2) is 8.78 Å². The molecule has 0 atom stereocenters. The molecule has 0 saturated carbocycles.